The predicted molar refractivity (Wildman–Crippen MR) is 88.0 cm³/mol. The van der Waals surface area contributed by atoms with E-state index in [0.717, 1.165) is 16.3 Å². The molecular weight excluding hydrogens is 300 g/mol. The third kappa shape index (κ3) is 3.64. The number of rotatable bonds is 5. The van der Waals surface area contributed by atoms with Crippen LogP contribution in [0.5, 0.6) is 0 Å². The topological polar surface area (TPSA) is 66.5 Å². The normalized spacial score (nSPS) is 13.0. The van der Waals surface area contributed by atoms with Crippen LogP contribution in [0, 0.1) is 0 Å². The molecule has 1 atom stereocenters. The molecule has 2 aromatic carbocycles. The Morgan fingerprint density at radius 2 is 1.82 bits per heavy atom. The van der Waals surface area contributed by atoms with E-state index >= 15 is 0 Å². The largest absolute Gasteiger partial charge is 0.338 e. The van der Waals surface area contributed by atoms with Crippen LogP contribution in [0.3, 0.4) is 0 Å². The highest BCUT2D eigenvalue weighted by Crippen LogP contribution is 2.23. The van der Waals surface area contributed by atoms with Crippen LogP contribution >= 0.6 is 0 Å². The van der Waals surface area contributed by atoms with E-state index < -0.39 is 21.7 Å². The fourth-order valence-corrected chi connectivity index (χ4v) is 2.92. The Morgan fingerprint density at radius 3 is 2.45 bits per heavy atom. The fraction of sp³-hybridized carbons (Fsp3) is 0.312. The summed E-state index contributed by atoms with van der Waals surface area (Å²) < 4.78 is 25.1. The van der Waals surface area contributed by atoms with Crippen molar-refractivity contribution in [2.75, 3.05) is 19.8 Å². The van der Waals surface area contributed by atoms with Gasteiger partial charge in [-0.1, -0.05) is 36.4 Å². The molecule has 0 saturated carbocycles. The average molecular weight is 320 g/mol. The molecule has 5 nitrogen and oxygen atoms in total. The first-order valence-corrected chi connectivity index (χ1v) is 8.65. The van der Waals surface area contributed by atoms with E-state index in [1.165, 1.54) is 11.9 Å². The second-order valence-electron chi connectivity index (χ2n) is 5.25. The van der Waals surface area contributed by atoms with Crippen molar-refractivity contribution in [2.24, 2.45) is 0 Å². The van der Waals surface area contributed by atoms with Gasteiger partial charge in [-0.2, -0.15) is 0 Å². The van der Waals surface area contributed by atoms with E-state index in [4.69, 9.17) is 0 Å². The highest BCUT2D eigenvalue weighted by molar-refractivity contribution is 7.90. The Balaban J connectivity index is 2.21. The minimum Gasteiger partial charge on any atom is -0.338 e. The summed E-state index contributed by atoms with van der Waals surface area (Å²) in [6.45, 7) is 1.88. The molecule has 22 heavy (non-hydrogen) atoms. The van der Waals surface area contributed by atoms with Crippen molar-refractivity contribution < 1.29 is 13.2 Å². The molecule has 0 aliphatic carbocycles. The van der Waals surface area contributed by atoms with Crippen LogP contribution in [0.15, 0.2) is 42.5 Å². The Hall–Kier alpha value is -1.92. The molecule has 0 radical (unpaired) electrons. The summed E-state index contributed by atoms with van der Waals surface area (Å²) in [5.74, 6) is -0.979. The molecule has 0 spiro atoms. The van der Waals surface area contributed by atoms with Crippen LogP contribution in [0.1, 0.15) is 18.5 Å². The van der Waals surface area contributed by atoms with Crippen LogP contribution < -0.4 is 4.72 Å². The second kappa shape index (κ2) is 6.46. The number of fused-ring (bicyclic) bond motifs is 1. The molecule has 0 aliphatic rings. The number of amides is 1. The van der Waals surface area contributed by atoms with Crippen LogP contribution in [-0.2, 0) is 14.8 Å². The van der Waals surface area contributed by atoms with Crippen LogP contribution in [-0.4, -0.2) is 39.1 Å². The van der Waals surface area contributed by atoms with Crippen molar-refractivity contribution in [3.63, 3.8) is 0 Å². The molecule has 0 unspecified atom stereocenters. The number of nitrogens with one attached hydrogen (secondary N) is 1. The van der Waals surface area contributed by atoms with Gasteiger partial charge in [0, 0.05) is 7.05 Å². The second-order valence-corrected chi connectivity index (χ2v) is 7.18. The van der Waals surface area contributed by atoms with Gasteiger partial charge in [0.25, 0.3) is 0 Å². The smallest absolute Gasteiger partial charge is 0.239 e. The standard InChI is InChI=1S/C16H20N2O3S/c1-12(18(3)16(19)11-22(20,21)17-2)14-9-8-13-6-4-5-7-15(13)10-14/h4-10,12,17H,11H2,1-3H3/t12-/m0/s1. The maximum atomic E-state index is 12.1. The predicted octanol–water partition coefficient (Wildman–Crippen LogP) is 1.91. The number of benzene rings is 2. The lowest BCUT2D eigenvalue weighted by Gasteiger charge is -2.25. The molecule has 0 heterocycles. The molecule has 0 aromatic heterocycles. The van der Waals surface area contributed by atoms with Gasteiger partial charge in [0.15, 0.2) is 0 Å². The first-order valence-electron chi connectivity index (χ1n) is 6.99. The zero-order valence-corrected chi connectivity index (χ0v) is 13.7. The maximum absolute atomic E-state index is 12.1. The Bertz CT molecular complexity index is 787. The first-order chi connectivity index (χ1) is 10.3. The average Bonchev–Trinajstić information content (AvgIpc) is 2.52. The molecule has 1 amide bonds. The summed E-state index contributed by atoms with van der Waals surface area (Å²) in [4.78, 5) is 13.6. The third-order valence-corrected chi connectivity index (χ3v) is 5.10. The zero-order valence-electron chi connectivity index (χ0n) is 12.9. The van der Waals surface area contributed by atoms with Gasteiger partial charge in [-0.05, 0) is 36.4 Å². The number of nitrogens with zero attached hydrogens (tertiary/aromatic N) is 1. The van der Waals surface area contributed by atoms with Crippen molar-refractivity contribution in [1.29, 1.82) is 0 Å². The van der Waals surface area contributed by atoms with Gasteiger partial charge < -0.3 is 4.90 Å². The number of hydrogen-bond acceptors (Lipinski definition) is 3. The van der Waals surface area contributed by atoms with Crippen LogP contribution in [0.25, 0.3) is 10.8 Å². The molecule has 6 heteroatoms. The van der Waals surface area contributed by atoms with E-state index in [1.807, 2.05) is 49.4 Å². The monoisotopic (exact) mass is 320 g/mol. The number of sulfonamides is 1. The minimum absolute atomic E-state index is 0.204. The summed E-state index contributed by atoms with van der Waals surface area (Å²) in [5.41, 5.74) is 0.969. The quantitative estimate of drug-likeness (QED) is 0.915. The van der Waals surface area contributed by atoms with E-state index in [0.29, 0.717) is 0 Å². The molecule has 118 valence electrons. The summed E-state index contributed by atoms with van der Waals surface area (Å²) in [5, 5.41) is 2.22. The first kappa shape index (κ1) is 16.5. The van der Waals surface area contributed by atoms with Gasteiger partial charge in [0.2, 0.25) is 15.9 Å². The molecular formula is C16H20N2O3S. The van der Waals surface area contributed by atoms with E-state index in [2.05, 4.69) is 4.72 Å². The lowest BCUT2D eigenvalue weighted by atomic mass is 10.0. The van der Waals surface area contributed by atoms with Gasteiger partial charge in [-0.3, -0.25) is 4.79 Å². The molecule has 0 saturated heterocycles. The van der Waals surface area contributed by atoms with Gasteiger partial charge in [-0.25, -0.2) is 13.1 Å². The number of carbonyl (C=O) groups is 1. The lowest BCUT2D eigenvalue weighted by Crippen LogP contribution is -2.37. The molecule has 2 rings (SSSR count). The molecule has 0 bridgehead atoms. The third-order valence-electron chi connectivity index (χ3n) is 3.85. The Kier molecular flexibility index (Phi) is 4.83. The zero-order chi connectivity index (χ0) is 16.3. The highest BCUT2D eigenvalue weighted by atomic mass is 32.2. The molecule has 0 aliphatic heterocycles. The van der Waals surface area contributed by atoms with E-state index in [-0.39, 0.29) is 6.04 Å². The molecule has 2 aromatic rings. The van der Waals surface area contributed by atoms with Gasteiger partial charge in [0.05, 0.1) is 6.04 Å². The van der Waals surface area contributed by atoms with E-state index in [1.54, 1.807) is 7.05 Å². The summed E-state index contributed by atoms with van der Waals surface area (Å²) in [6.07, 6.45) is 0. The summed E-state index contributed by atoms with van der Waals surface area (Å²) in [7, 11) is -0.636. The van der Waals surface area contributed by atoms with Crippen molar-refractivity contribution in [1.82, 2.24) is 9.62 Å². The Labute approximate surface area is 131 Å². The van der Waals surface area contributed by atoms with Crippen LogP contribution in [0.2, 0.25) is 0 Å². The summed E-state index contributed by atoms with van der Waals surface area (Å²) in [6, 6.07) is 13.8. The van der Waals surface area contributed by atoms with Crippen molar-refractivity contribution in [2.45, 2.75) is 13.0 Å². The van der Waals surface area contributed by atoms with Gasteiger partial charge in [0.1, 0.15) is 5.75 Å². The van der Waals surface area contributed by atoms with Crippen molar-refractivity contribution >= 4 is 26.7 Å². The molecule has 1 N–H and O–H groups in total. The Morgan fingerprint density at radius 1 is 1.18 bits per heavy atom. The van der Waals surface area contributed by atoms with E-state index in [9.17, 15) is 13.2 Å². The van der Waals surface area contributed by atoms with Crippen molar-refractivity contribution in [3.8, 4) is 0 Å². The van der Waals surface area contributed by atoms with Gasteiger partial charge >= 0.3 is 0 Å². The van der Waals surface area contributed by atoms with Crippen LogP contribution in [0.4, 0.5) is 0 Å². The number of carbonyl (C=O) groups excluding carboxylic acids is 1. The maximum Gasteiger partial charge on any atom is 0.239 e. The van der Waals surface area contributed by atoms with Gasteiger partial charge in [-0.15, -0.1) is 0 Å². The van der Waals surface area contributed by atoms with Crippen molar-refractivity contribution in [3.05, 3.63) is 48.0 Å². The summed E-state index contributed by atoms with van der Waals surface area (Å²) >= 11 is 0. The number of hydrogen-bond donors (Lipinski definition) is 1. The lowest BCUT2D eigenvalue weighted by molar-refractivity contribution is -0.129. The molecule has 0 fully saturated rings. The SMILES string of the molecule is CNS(=O)(=O)CC(=O)N(C)[C@@H](C)c1ccc2ccccc2c1. The minimum atomic E-state index is -3.56. The fourth-order valence-electron chi connectivity index (χ4n) is 2.24. The highest BCUT2D eigenvalue weighted by Gasteiger charge is 2.22.